The van der Waals surface area contributed by atoms with E-state index in [4.69, 9.17) is 10.8 Å². The molecule has 0 saturated heterocycles. The standard InChI is InChI=1S/C27H35N7O7/c1-14(2)7-20(25(38)34-22(27(40)41)9-16-12-29-13-31-16)33-26(39)21(32-24(37)18(28)10-23(35)36)8-15-11-30-19-6-4-3-5-17(15)19/h3-6,11-14,18,20-22,30H,7-10,28H2,1-2H3,(H,29,31)(H,32,37)(H,33,39)(H,34,38)(H,35,36)(H,40,41). The number of benzene rings is 1. The Hall–Kier alpha value is -4.72. The predicted molar refractivity (Wildman–Crippen MR) is 147 cm³/mol. The number of rotatable bonds is 15. The number of nitrogens with two attached hydrogens (primary N) is 1. The molecule has 220 valence electrons. The van der Waals surface area contributed by atoms with Gasteiger partial charge in [-0.05, 0) is 24.0 Å². The van der Waals surface area contributed by atoms with Gasteiger partial charge in [-0.25, -0.2) is 9.78 Å². The van der Waals surface area contributed by atoms with E-state index in [1.54, 1.807) is 6.20 Å². The number of fused-ring (bicyclic) bond motifs is 1. The molecule has 0 fully saturated rings. The molecule has 0 radical (unpaired) electrons. The number of aromatic amines is 2. The highest BCUT2D eigenvalue weighted by atomic mass is 16.4. The molecule has 1 aromatic carbocycles. The number of imidazole rings is 1. The maximum Gasteiger partial charge on any atom is 0.326 e. The van der Waals surface area contributed by atoms with Crippen molar-refractivity contribution in [3.05, 3.63) is 54.2 Å². The van der Waals surface area contributed by atoms with Gasteiger partial charge >= 0.3 is 11.9 Å². The smallest absolute Gasteiger partial charge is 0.326 e. The summed E-state index contributed by atoms with van der Waals surface area (Å²) in [5.74, 6) is -4.87. The average molecular weight is 570 g/mol. The van der Waals surface area contributed by atoms with E-state index in [0.717, 1.165) is 10.9 Å². The Morgan fingerprint density at radius 2 is 1.56 bits per heavy atom. The number of carbonyl (C=O) groups is 5. The van der Waals surface area contributed by atoms with Crippen LogP contribution in [0.15, 0.2) is 43.0 Å². The lowest BCUT2D eigenvalue weighted by Crippen LogP contribution is -2.58. The number of carboxylic acid groups (broad SMARTS) is 2. The van der Waals surface area contributed by atoms with E-state index in [0.29, 0.717) is 11.3 Å². The molecule has 3 amide bonds. The number of para-hydroxylation sites is 1. The predicted octanol–water partition coefficient (Wildman–Crippen LogP) is 0.0633. The van der Waals surface area contributed by atoms with Crippen LogP contribution in [-0.4, -0.2) is 79.0 Å². The lowest BCUT2D eigenvalue weighted by molar-refractivity contribution is -0.142. The van der Waals surface area contributed by atoms with Crippen molar-refractivity contribution in [2.75, 3.05) is 0 Å². The number of aromatic nitrogens is 3. The topological polar surface area (TPSA) is 232 Å². The van der Waals surface area contributed by atoms with Crippen LogP contribution in [0.25, 0.3) is 10.9 Å². The first-order valence-corrected chi connectivity index (χ1v) is 13.1. The molecule has 2 heterocycles. The molecule has 0 spiro atoms. The first-order chi connectivity index (χ1) is 19.4. The van der Waals surface area contributed by atoms with Gasteiger partial charge in [0, 0.05) is 41.8 Å². The third-order valence-electron chi connectivity index (χ3n) is 6.40. The molecule has 0 aliphatic rings. The van der Waals surface area contributed by atoms with E-state index >= 15 is 0 Å². The maximum atomic E-state index is 13.6. The second-order valence-electron chi connectivity index (χ2n) is 10.2. The van der Waals surface area contributed by atoms with Crippen LogP contribution in [0.1, 0.15) is 37.9 Å². The SMILES string of the molecule is CC(C)CC(NC(=O)C(Cc1c[nH]c2ccccc12)NC(=O)C(N)CC(=O)O)C(=O)NC(Cc1cnc[nH]1)C(=O)O. The number of hydrogen-bond acceptors (Lipinski definition) is 7. The molecule has 3 rings (SSSR count). The van der Waals surface area contributed by atoms with Crippen LogP contribution in [0.2, 0.25) is 0 Å². The van der Waals surface area contributed by atoms with Crippen LogP contribution in [0.4, 0.5) is 0 Å². The Labute approximate surface area is 235 Å². The average Bonchev–Trinajstić information content (AvgIpc) is 3.56. The number of nitrogens with zero attached hydrogens (tertiary/aromatic N) is 1. The van der Waals surface area contributed by atoms with E-state index < -0.39 is 60.2 Å². The van der Waals surface area contributed by atoms with Crippen molar-refractivity contribution in [3.63, 3.8) is 0 Å². The minimum absolute atomic E-state index is 0.00890. The third kappa shape index (κ3) is 8.89. The molecule has 0 aliphatic heterocycles. The fourth-order valence-electron chi connectivity index (χ4n) is 4.35. The zero-order valence-electron chi connectivity index (χ0n) is 22.7. The number of H-pyrrole nitrogens is 2. The number of carboxylic acids is 2. The summed E-state index contributed by atoms with van der Waals surface area (Å²) in [5.41, 5.74) is 7.74. The lowest BCUT2D eigenvalue weighted by atomic mass is 10.00. The second-order valence-corrected chi connectivity index (χ2v) is 10.2. The monoisotopic (exact) mass is 569 g/mol. The number of hydrogen-bond donors (Lipinski definition) is 8. The summed E-state index contributed by atoms with van der Waals surface area (Å²) >= 11 is 0. The van der Waals surface area contributed by atoms with Gasteiger partial charge in [0.15, 0.2) is 0 Å². The minimum Gasteiger partial charge on any atom is -0.481 e. The fraction of sp³-hybridized carbons (Fsp3) is 0.407. The number of nitrogens with one attached hydrogen (secondary N) is 5. The normalized spacial score (nSPS) is 14.1. The summed E-state index contributed by atoms with van der Waals surface area (Å²) < 4.78 is 0. The molecular weight excluding hydrogens is 534 g/mol. The van der Waals surface area contributed by atoms with E-state index in [1.807, 2.05) is 38.1 Å². The Kier molecular flexibility index (Phi) is 10.6. The van der Waals surface area contributed by atoms with Crippen molar-refractivity contribution in [2.45, 2.75) is 63.7 Å². The first-order valence-electron chi connectivity index (χ1n) is 13.1. The summed E-state index contributed by atoms with van der Waals surface area (Å²) in [5, 5.41) is 27.1. The molecule has 4 atom stereocenters. The fourth-order valence-corrected chi connectivity index (χ4v) is 4.35. The van der Waals surface area contributed by atoms with Crippen LogP contribution in [0.3, 0.4) is 0 Å². The molecule has 9 N–H and O–H groups in total. The Balaban J connectivity index is 1.82. The van der Waals surface area contributed by atoms with Crippen molar-refractivity contribution >= 4 is 40.6 Å². The van der Waals surface area contributed by atoms with Gasteiger partial charge in [-0.1, -0.05) is 32.0 Å². The molecule has 41 heavy (non-hydrogen) atoms. The highest BCUT2D eigenvalue weighted by Gasteiger charge is 2.32. The van der Waals surface area contributed by atoms with E-state index in [9.17, 15) is 29.1 Å². The number of amides is 3. The zero-order chi connectivity index (χ0) is 30.1. The van der Waals surface area contributed by atoms with Gasteiger partial charge in [0.25, 0.3) is 0 Å². The van der Waals surface area contributed by atoms with Gasteiger partial charge in [-0.2, -0.15) is 0 Å². The molecular formula is C27H35N7O7. The summed E-state index contributed by atoms with van der Waals surface area (Å²) in [6.07, 6.45) is 4.03. The van der Waals surface area contributed by atoms with Crippen LogP contribution < -0.4 is 21.7 Å². The van der Waals surface area contributed by atoms with Crippen LogP contribution in [0.5, 0.6) is 0 Å². The first kappa shape index (κ1) is 30.8. The quantitative estimate of drug-likeness (QED) is 0.123. The van der Waals surface area contributed by atoms with Crippen molar-refractivity contribution in [3.8, 4) is 0 Å². The van der Waals surface area contributed by atoms with E-state index in [2.05, 4.69) is 30.9 Å². The molecule has 0 bridgehead atoms. The molecule has 0 saturated carbocycles. The van der Waals surface area contributed by atoms with Crippen molar-refractivity contribution in [2.24, 2.45) is 11.7 Å². The van der Waals surface area contributed by atoms with Crippen LogP contribution in [-0.2, 0) is 36.8 Å². The van der Waals surface area contributed by atoms with Gasteiger partial charge in [0.1, 0.15) is 18.1 Å². The molecule has 3 aromatic rings. The third-order valence-corrected chi connectivity index (χ3v) is 6.40. The Bertz CT molecular complexity index is 1370. The molecule has 14 heteroatoms. The van der Waals surface area contributed by atoms with Gasteiger partial charge in [-0.15, -0.1) is 0 Å². The van der Waals surface area contributed by atoms with Crippen molar-refractivity contribution in [1.82, 2.24) is 30.9 Å². The number of carbonyl (C=O) groups excluding carboxylic acids is 3. The highest BCUT2D eigenvalue weighted by molar-refractivity contribution is 5.95. The van der Waals surface area contributed by atoms with E-state index in [-0.39, 0.29) is 25.2 Å². The van der Waals surface area contributed by atoms with Gasteiger partial charge in [0.2, 0.25) is 17.7 Å². The van der Waals surface area contributed by atoms with Gasteiger partial charge in [-0.3, -0.25) is 19.2 Å². The Morgan fingerprint density at radius 1 is 0.902 bits per heavy atom. The van der Waals surface area contributed by atoms with Gasteiger partial charge < -0.3 is 41.9 Å². The zero-order valence-corrected chi connectivity index (χ0v) is 22.7. The van der Waals surface area contributed by atoms with Gasteiger partial charge in [0.05, 0.1) is 18.8 Å². The maximum absolute atomic E-state index is 13.6. The van der Waals surface area contributed by atoms with Crippen molar-refractivity contribution in [1.29, 1.82) is 0 Å². The summed E-state index contributed by atoms with van der Waals surface area (Å²) in [4.78, 5) is 72.1. The molecule has 0 aliphatic carbocycles. The minimum atomic E-state index is -1.40. The summed E-state index contributed by atoms with van der Waals surface area (Å²) in [6, 6.07) is 2.32. The summed E-state index contributed by atoms with van der Waals surface area (Å²) in [7, 11) is 0. The molecule has 2 aromatic heterocycles. The van der Waals surface area contributed by atoms with Crippen LogP contribution in [0, 0.1) is 5.92 Å². The lowest BCUT2D eigenvalue weighted by Gasteiger charge is -2.26. The largest absolute Gasteiger partial charge is 0.481 e. The molecule has 14 nitrogen and oxygen atoms in total. The second kappa shape index (κ2) is 14.1. The molecule has 4 unspecified atom stereocenters. The number of aliphatic carboxylic acids is 2. The van der Waals surface area contributed by atoms with E-state index in [1.165, 1.54) is 12.5 Å². The van der Waals surface area contributed by atoms with Crippen molar-refractivity contribution < 1.29 is 34.2 Å². The highest BCUT2D eigenvalue weighted by Crippen LogP contribution is 2.19. The summed E-state index contributed by atoms with van der Waals surface area (Å²) in [6.45, 7) is 3.67. The van der Waals surface area contributed by atoms with Crippen LogP contribution >= 0.6 is 0 Å². The Morgan fingerprint density at radius 3 is 2.20 bits per heavy atom.